The minimum Gasteiger partial charge on any atom is -0.455 e. The molecule has 9 aromatic carbocycles. The lowest BCUT2D eigenvalue weighted by atomic mass is 9.99. The first-order valence-electron chi connectivity index (χ1n) is 17.9. The highest BCUT2D eigenvalue weighted by Gasteiger charge is 2.19. The van der Waals surface area contributed by atoms with Crippen molar-refractivity contribution in [3.63, 3.8) is 0 Å². The number of benzene rings is 9. The molecule has 0 saturated heterocycles. The van der Waals surface area contributed by atoms with Crippen LogP contribution in [0, 0.1) is 0 Å². The van der Waals surface area contributed by atoms with Gasteiger partial charge in [0.2, 0.25) is 5.89 Å². The molecule has 0 aliphatic carbocycles. The van der Waals surface area contributed by atoms with Crippen molar-refractivity contribution >= 4 is 82.4 Å². The van der Waals surface area contributed by atoms with Crippen molar-refractivity contribution in [2.24, 2.45) is 0 Å². The topological polar surface area (TPSA) is 42.4 Å². The molecule has 0 saturated carbocycles. The maximum absolute atomic E-state index is 6.58. The molecule has 248 valence electrons. The summed E-state index contributed by atoms with van der Waals surface area (Å²) in [5.41, 5.74) is 9.78. The summed E-state index contributed by atoms with van der Waals surface area (Å²) in [7, 11) is 0. The molecule has 0 bridgehead atoms. The molecule has 4 nitrogen and oxygen atoms in total. The quantitative estimate of drug-likeness (QED) is 0.170. The maximum Gasteiger partial charge on any atom is 0.227 e. The highest BCUT2D eigenvalue weighted by atomic mass is 16.3. The largest absolute Gasteiger partial charge is 0.455 e. The van der Waals surface area contributed by atoms with E-state index >= 15 is 0 Å². The zero-order valence-electron chi connectivity index (χ0n) is 28.5. The molecule has 11 aromatic rings. The van der Waals surface area contributed by atoms with Gasteiger partial charge in [0.1, 0.15) is 16.7 Å². The SMILES string of the molecule is c1ccc(-c2nc3ccc4ccc5ccc(N(c6ccc(-c7cccc8c7oc7ccccc78)cc6)c6cccc7ccccc67)cc5c4c3o2)cc1. The number of nitrogens with zero attached hydrogens (tertiary/aromatic N) is 2. The lowest BCUT2D eigenvalue weighted by Gasteiger charge is -2.27. The van der Waals surface area contributed by atoms with E-state index in [4.69, 9.17) is 13.8 Å². The van der Waals surface area contributed by atoms with Gasteiger partial charge in [-0.3, -0.25) is 0 Å². The average Bonchev–Trinajstić information content (AvgIpc) is 3.84. The van der Waals surface area contributed by atoms with Gasteiger partial charge in [0.05, 0.1) is 5.69 Å². The fourth-order valence-electron chi connectivity index (χ4n) is 7.95. The number of furan rings is 1. The third-order valence-corrected chi connectivity index (χ3v) is 10.5. The number of anilines is 3. The number of oxazole rings is 1. The van der Waals surface area contributed by atoms with Gasteiger partial charge < -0.3 is 13.7 Å². The Hall–Kier alpha value is -7.17. The van der Waals surface area contributed by atoms with Gasteiger partial charge in [0.15, 0.2) is 5.58 Å². The van der Waals surface area contributed by atoms with Crippen LogP contribution >= 0.6 is 0 Å². The molecule has 53 heavy (non-hydrogen) atoms. The first kappa shape index (κ1) is 29.5. The molecular weight excluding hydrogens is 649 g/mol. The number of rotatable bonds is 5. The average molecular weight is 679 g/mol. The monoisotopic (exact) mass is 678 g/mol. The van der Waals surface area contributed by atoms with Gasteiger partial charge in [0, 0.05) is 44.0 Å². The van der Waals surface area contributed by atoms with Gasteiger partial charge in [-0.1, -0.05) is 127 Å². The smallest absolute Gasteiger partial charge is 0.227 e. The summed E-state index contributed by atoms with van der Waals surface area (Å²) in [6.45, 7) is 0. The van der Waals surface area contributed by atoms with Crippen LogP contribution in [-0.4, -0.2) is 4.98 Å². The zero-order valence-corrected chi connectivity index (χ0v) is 28.5. The molecule has 2 aromatic heterocycles. The molecule has 0 spiro atoms. The van der Waals surface area contributed by atoms with Crippen molar-refractivity contribution in [3.8, 4) is 22.6 Å². The van der Waals surface area contributed by atoms with Crippen molar-refractivity contribution in [2.75, 3.05) is 4.90 Å². The Kier molecular flexibility index (Phi) is 6.52. The van der Waals surface area contributed by atoms with Crippen LogP contribution in [0.1, 0.15) is 0 Å². The Balaban J connectivity index is 1.11. The second-order valence-corrected chi connectivity index (χ2v) is 13.5. The summed E-state index contributed by atoms with van der Waals surface area (Å²) in [6, 6.07) is 64.0. The predicted octanol–water partition coefficient (Wildman–Crippen LogP) is 14.0. The fourth-order valence-corrected chi connectivity index (χ4v) is 7.95. The van der Waals surface area contributed by atoms with Gasteiger partial charge in [-0.25, -0.2) is 4.98 Å². The van der Waals surface area contributed by atoms with Crippen LogP contribution in [0.3, 0.4) is 0 Å². The molecule has 0 aliphatic heterocycles. The fraction of sp³-hybridized carbons (Fsp3) is 0. The Morgan fingerprint density at radius 1 is 0.415 bits per heavy atom. The Bertz CT molecular complexity index is 3170. The summed E-state index contributed by atoms with van der Waals surface area (Å²) in [4.78, 5) is 7.27. The van der Waals surface area contributed by atoms with Crippen molar-refractivity contribution in [3.05, 3.63) is 182 Å². The van der Waals surface area contributed by atoms with Crippen LogP contribution in [0.5, 0.6) is 0 Å². The number of hydrogen-bond donors (Lipinski definition) is 0. The van der Waals surface area contributed by atoms with Crippen LogP contribution in [0.15, 0.2) is 191 Å². The third-order valence-electron chi connectivity index (χ3n) is 10.5. The highest BCUT2D eigenvalue weighted by molar-refractivity contribution is 6.19. The molecule has 0 atom stereocenters. The van der Waals surface area contributed by atoms with Crippen molar-refractivity contribution < 1.29 is 8.83 Å². The summed E-state index contributed by atoms with van der Waals surface area (Å²) >= 11 is 0. The van der Waals surface area contributed by atoms with E-state index in [2.05, 4.69) is 144 Å². The van der Waals surface area contributed by atoms with Gasteiger partial charge in [-0.2, -0.15) is 0 Å². The van der Waals surface area contributed by atoms with Crippen LogP contribution in [-0.2, 0) is 0 Å². The minimum atomic E-state index is 0.622. The van der Waals surface area contributed by atoms with E-state index in [-0.39, 0.29) is 0 Å². The van der Waals surface area contributed by atoms with Crippen molar-refractivity contribution in [1.29, 1.82) is 0 Å². The Labute approximate surface area is 304 Å². The van der Waals surface area contributed by atoms with Crippen LogP contribution < -0.4 is 4.90 Å². The second kappa shape index (κ2) is 11.7. The molecule has 0 fully saturated rings. The Morgan fingerprint density at radius 3 is 2.00 bits per heavy atom. The van der Waals surface area contributed by atoms with Gasteiger partial charge >= 0.3 is 0 Å². The number of para-hydroxylation sites is 2. The van der Waals surface area contributed by atoms with Crippen molar-refractivity contribution in [1.82, 2.24) is 4.98 Å². The van der Waals surface area contributed by atoms with E-state index < -0.39 is 0 Å². The second-order valence-electron chi connectivity index (χ2n) is 13.5. The van der Waals surface area contributed by atoms with Gasteiger partial charge in [0.25, 0.3) is 0 Å². The normalized spacial score (nSPS) is 11.8. The molecule has 2 heterocycles. The molecule has 0 unspecified atom stereocenters. The van der Waals surface area contributed by atoms with Gasteiger partial charge in [-0.05, 0) is 81.7 Å². The van der Waals surface area contributed by atoms with E-state index in [0.29, 0.717) is 5.89 Å². The van der Waals surface area contributed by atoms with E-state index in [1.807, 2.05) is 42.5 Å². The molecular formula is C49H30N2O2. The van der Waals surface area contributed by atoms with Crippen LogP contribution in [0.2, 0.25) is 0 Å². The number of aromatic nitrogens is 1. The summed E-state index contributed by atoms with van der Waals surface area (Å²) in [5.74, 6) is 0.622. The lowest BCUT2D eigenvalue weighted by Crippen LogP contribution is -2.10. The first-order chi connectivity index (χ1) is 26.3. The molecule has 11 rings (SSSR count). The number of fused-ring (bicyclic) bond motifs is 9. The van der Waals surface area contributed by atoms with Crippen molar-refractivity contribution in [2.45, 2.75) is 0 Å². The molecule has 0 aliphatic rings. The molecule has 4 heteroatoms. The summed E-state index contributed by atoms with van der Waals surface area (Å²) < 4.78 is 13.0. The van der Waals surface area contributed by atoms with Gasteiger partial charge in [-0.15, -0.1) is 0 Å². The van der Waals surface area contributed by atoms with E-state index in [9.17, 15) is 0 Å². The van der Waals surface area contributed by atoms with E-state index in [1.165, 1.54) is 10.8 Å². The highest BCUT2D eigenvalue weighted by Crippen LogP contribution is 2.43. The first-order valence-corrected chi connectivity index (χ1v) is 17.9. The third kappa shape index (κ3) is 4.73. The number of hydrogen-bond acceptors (Lipinski definition) is 4. The van der Waals surface area contributed by atoms with E-state index in [0.717, 1.165) is 88.3 Å². The summed E-state index contributed by atoms with van der Waals surface area (Å²) in [5, 5.41) is 9.03. The zero-order chi connectivity index (χ0) is 34.9. The van der Waals surface area contributed by atoms with E-state index in [1.54, 1.807) is 0 Å². The van der Waals surface area contributed by atoms with Crippen LogP contribution in [0.25, 0.3) is 87.9 Å². The molecule has 0 radical (unpaired) electrons. The molecule has 0 amide bonds. The predicted molar refractivity (Wildman–Crippen MR) is 219 cm³/mol. The summed E-state index contributed by atoms with van der Waals surface area (Å²) in [6.07, 6.45) is 0. The minimum absolute atomic E-state index is 0.622. The standard InChI is InChI=1S/C49H30N2O2/c1-2-11-35(12-3-1)49-50-43-29-25-34-21-20-33-24-28-37(30-42(33)46(34)48(43)53-49)51(44-18-8-13-31-10-4-5-14-38(31)44)36-26-22-32(23-27-36)39-16-9-17-41-40-15-6-7-19-45(40)52-47(39)41/h1-30H. The molecule has 0 N–H and O–H groups in total. The van der Waals surface area contributed by atoms with Crippen LogP contribution in [0.4, 0.5) is 17.1 Å². The Morgan fingerprint density at radius 2 is 1.09 bits per heavy atom. The maximum atomic E-state index is 6.58. The lowest BCUT2D eigenvalue weighted by molar-refractivity contribution is 0.623.